The van der Waals surface area contributed by atoms with Crippen molar-refractivity contribution in [2.45, 2.75) is 26.7 Å². The van der Waals surface area contributed by atoms with Crippen molar-refractivity contribution in [2.24, 2.45) is 5.92 Å². The SMILES string of the molecule is Cc1ccc(Br)cc1NC(=O)c1nc[nH]c1C(=O)Nc1ccc(OCC2CCNCC2)cc1C.Cl. The van der Waals surface area contributed by atoms with Crippen molar-refractivity contribution in [1.29, 1.82) is 0 Å². The Kier molecular flexibility index (Phi) is 9.31. The summed E-state index contributed by atoms with van der Waals surface area (Å²) in [5.74, 6) is 0.428. The van der Waals surface area contributed by atoms with Crippen molar-refractivity contribution in [2.75, 3.05) is 30.3 Å². The summed E-state index contributed by atoms with van der Waals surface area (Å²) in [4.78, 5) is 32.6. The summed E-state index contributed by atoms with van der Waals surface area (Å²) < 4.78 is 6.81. The lowest BCUT2D eigenvalue weighted by Crippen LogP contribution is -2.30. The summed E-state index contributed by atoms with van der Waals surface area (Å²) in [5.41, 5.74) is 3.17. The van der Waals surface area contributed by atoms with Crippen LogP contribution >= 0.6 is 28.3 Å². The quantitative estimate of drug-likeness (QED) is 0.321. The largest absolute Gasteiger partial charge is 0.493 e. The van der Waals surface area contributed by atoms with E-state index >= 15 is 0 Å². The van der Waals surface area contributed by atoms with Gasteiger partial charge in [-0.1, -0.05) is 22.0 Å². The van der Waals surface area contributed by atoms with Gasteiger partial charge in [-0.25, -0.2) is 4.98 Å². The van der Waals surface area contributed by atoms with E-state index in [1.165, 1.54) is 6.33 Å². The Morgan fingerprint density at radius 1 is 1.03 bits per heavy atom. The Labute approximate surface area is 219 Å². The molecule has 1 saturated heterocycles. The number of aromatic nitrogens is 2. The van der Waals surface area contributed by atoms with Gasteiger partial charge in [0.1, 0.15) is 11.4 Å². The Hall–Kier alpha value is -2.88. The van der Waals surface area contributed by atoms with E-state index in [1.54, 1.807) is 6.07 Å². The number of H-pyrrole nitrogens is 1. The number of imidazole rings is 1. The van der Waals surface area contributed by atoms with E-state index in [1.807, 2.05) is 44.2 Å². The first-order chi connectivity index (χ1) is 16.4. The topological polar surface area (TPSA) is 108 Å². The van der Waals surface area contributed by atoms with Crippen LogP contribution in [0.4, 0.5) is 11.4 Å². The van der Waals surface area contributed by atoms with Crippen LogP contribution in [0.15, 0.2) is 47.2 Å². The minimum absolute atomic E-state index is 0. The lowest BCUT2D eigenvalue weighted by atomic mass is 9.99. The van der Waals surface area contributed by atoms with Crippen molar-refractivity contribution in [1.82, 2.24) is 15.3 Å². The first-order valence-electron chi connectivity index (χ1n) is 11.3. The normalized spacial score (nSPS) is 13.6. The number of carbonyl (C=O) groups excluding carboxylic acids is 2. The van der Waals surface area contributed by atoms with E-state index in [0.29, 0.717) is 23.9 Å². The molecule has 1 aliphatic heterocycles. The van der Waals surface area contributed by atoms with Crippen LogP contribution in [-0.4, -0.2) is 41.5 Å². The summed E-state index contributed by atoms with van der Waals surface area (Å²) >= 11 is 3.40. The molecule has 10 heteroatoms. The average molecular weight is 563 g/mol. The second kappa shape index (κ2) is 12.2. The van der Waals surface area contributed by atoms with E-state index in [-0.39, 0.29) is 23.8 Å². The van der Waals surface area contributed by atoms with Gasteiger partial charge in [0.15, 0.2) is 5.69 Å². The number of hydrogen-bond acceptors (Lipinski definition) is 5. The Balaban J connectivity index is 0.00000342. The molecule has 1 fully saturated rings. The van der Waals surface area contributed by atoms with Crippen LogP contribution in [0.5, 0.6) is 5.75 Å². The second-order valence-corrected chi connectivity index (χ2v) is 9.39. The molecule has 2 amide bonds. The van der Waals surface area contributed by atoms with Crippen LogP contribution in [0.25, 0.3) is 0 Å². The number of nitrogens with one attached hydrogen (secondary N) is 4. The summed E-state index contributed by atoms with van der Waals surface area (Å²) in [6, 6.07) is 11.2. The number of piperidine rings is 1. The van der Waals surface area contributed by atoms with E-state index in [0.717, 1.165) is 47.3 Å². The van der Waals surface area contributed by atoms with Gasteiger partial charge in [-0.3, -0.25) is 9.59 Å². The van der Waals surface area contributed by atoms with Gasteiger partial charge in [-0.05, 0) is 87.2 Å². The van der Waals surface area contributed by atoms with Gasteiger partial charge < -0.3 is 25.7 Å². The lowest BCUT2D eigenvalue weighted by molar-refractivity contribution is 0.0985. The van der Waals surface area contributed by atoms with Gasteiger partial charge in [0.25, 0.3) is 11.8 Å². The minimum Gasteiger partial charge on any atom is -0.493 e. The maximum absolute atomic E-state index is 12.9. The number of carbonyl (C=O) groups is 2. The Morgan fingerprint density at radius 2 is 1.77 bits per heavy atom. The highest BCUT2D eigenvalue weighted by atomic mass is 79.9. The smallest absolute Gasteiger partial charge is 0.276 e. The zero-order chi connectivity index (χ0) is 24.1. The number of hydrogen-bond donors (Lipinski definition) is 4. The van der Waals surface area contributed by atoms with Crippen molar-refractivity contribution in [3.63, 3.8) is 0 Å². The van der Waals surface area contributed by atoms with E-state index in [2.05, 4.69) is 41.8 Å². The van der Waals surface area contributed by atoms with Crippen molar-refractivity contribution < 1.29 is 14.3 Å². The van der Waals surface area contributed by atoms with Crippen LogP contribution in [0.3, 0.4) is 0 Å². The fourth-order valence-electron chi connectivity index (χ4n) is 3.86. The van der Waals surface area contributed by atoms with Gasteiger partial charge in [0.2, 0.25) is 0 Å². The average Bonchev–Trinajstić information content (AvgIpc) is 3.33. The number of anilines is 2. The van der Waals surface area contributed by atoms with Crippen LogP contribution in [0.1, 0.15) is 44.9 Å². The molecule has 4 N–H and O–H groups in total. The first kappa shape index (κ1) is 26.7. The van der Waals surface area contributed by atoms with Crippen LogP contribution in [0, 0.1) is 19.8 Å². The molecule has 35 heavy (non-hydrogen) atoms. The molecule has 0 unspecified atom stereocenters. The molecule has 0 aliphatic carbocycles. The highest BCUT2D eigenvalue weighted by Gasteiger charge is 2.22. The highest BCUT2D eigenvalue weighted by molar-refractivity contribution is 9.10. The summed E-state index contributed by atoms with van der Waals surface area (Å²) in [6.07, 6.45) is 3.57. The zero-order valence-corrected chi connectivity index (χ0v) is 22.0. The van der Waals surface area contributed by atoms with Gasteiger partial charge in [-0.2, -0.15) is 0 Å². The molecule has 0 spiro atoms. The molecule has 2 aromatic carbocycles. The standard InChI is InChI=1S/C25H28BrN5O3.ClH/c1-15-3-4-18(26)12-21(15)31-25(33)23-22(28-14-29-23)24(32)30-20-6-5-19(11-16(20)2)34-13-17-7-9-27-10-8-17;/h3-6,11-12,14,17,27H,7-10,13H2,1-2H3,(H,28,29)(H,30,32)(H,31,33);1H. The molecule has 1 aliphatic rings. The molecule has 8 nitrogen and oxygen atoms in total. The highest BCUT2D eigenvalue weighted by Crippen LogP contribution is 2.24. The van der Waals surface area contributed by atoms with Gasteiger partial charge in [0.05, 0.1) is 12.9 Å². The molecule has 0 atom stereocenters. The van der Waals surface area contributed by atoms with Gasteiger partial charge in [-0.15, -0.1) is 12.4 Å². The number of aromatic amines is 1. The number of rotatable bonds is 7. The maximum atomic E-state index is 12.9. The molecular formula is C25H29BrClN5O3. The Bertz CT molecular complexity index is 1190. The van der Waals surface area contributed by atoms with E-state index in [4.69, 9.17) is 4.74 Å². The predicted molar refractivity (Wildman–Crippen MR) is 143 cm³/mol. The predicted octanol–water partition coefficient (Wildman–Crippen LogP) is 5.09. The monoisotopic (exact) mass is 561 g/mol. The van der Waals surface area contributed by atoms with Crippen LogP contribution in [0.2, 0.25) is 0 Å². The number of benzene rings is 2. The third kappa shape index (κ3) is 6.84. The Morgan fingerprint density at radius 3 is 2.51 bits per heavy atom. The van der Waals surface area contributed by atoms with E-state index < -0.39 is 11.8 Å². The molecule has 186 valence electrons. The summed E-state index contributed by atoms with van der Waals surface area (Å²) in [6.45, 7) is 6.56. The number of halogens is 2. The second-order valence-electron chi connectivity index (χ2n) is 8.47. The summed E-state index contributed by atoms with van der Waals surface area (Å²) in [7, 11) is 0. The zero-order valence-electron chi connectivity index (χ0n) is 19.6. The fourth-order valence-corrected chi connectivity index (χ4v) is 4.22. The minimum atomic E-state index is -0.467. The number of amides is 2. The first-order valence-corrected chi connectivity index (χ1v) is 12.1. The van der Waals surface area contributed by atoms with Gasteiger partial charge in [0, 0.05) is 15.8 Å². The third-order valence-corrected chi connectivity index (χ3v) is 6.41. The third-order valence-electron chi connectivity index (χ3n) is 5.92. The molecule has 3 aromatic rings. The number of ether oxygens (including phenoxy) is 1. The fraction of sp³-hybridized carbons (Fsp3) is 0.320. The lowest BCUT2D eigenvalue weighted by Gasteiger charge is -2.22. The van der Waals surface area contributed by atoms with Crippen molar-refractivity contribution >= 4 is 51.5 Å². The molecule has 4 rings (SSSR count). The number of aryl methyl sites for hydroxylation is 2. The molecule has 0 saturated carbocycles. The summed E-state index contributed by atoms with van der Waals surface area (Å²) in [5, 5.41) is 9.04. The maximum Gasteiger partial charge on any atom is 0.276 e. The van der Waals surface area contributed by atoms with Crippen LogP contribution < -0.4 is 20.7 Å². The molecular weight excluding hydrogens is 534 g/mol. The molecule has 1 aromatic heterocycles. The van der Waals surface area contributed by atoms with Crippen molar-refractivity contribution in [3.05, 3.63) is 69.7 Å². The van der Waals surface area contributed by atoms with Gasteiger partial charge >= 0.3 is 0 Å². The van der Waals surface area contributed by atoms with Crippen LogP contribution in [-0.2, 0) is 0 Å². The molecule has 0 radical (unpaired) electrons. The molecule has 2 heterocycles. The van der Waals surface area contributed by atoms with Crippen molar-refractivity contribution in [3.8, 4) is 5.75 Å². The molecule has 0 bridgehead atoms. The van der Waals surface area contributed by atoms with E-state index in [9.17, 15) is 9.59 Å². The number of nitrogens with zero attached hydrogens (tertiary/aromatic N) is 1.